The molecule has 0 fully saturated rings. The molecule has 128 valence electrons. The maximum absolute atomic E-state index is 12.4. The number of hydrogen-bond acceptors (Lipinski definition) is 6. The number of aromatic nitrogens is 5. The molecule has 10 heteroatoms. The third kappa shape index (κ3) is 3.52. The molecule has 0 unspecified atom stereocenters. The van der Waals surface area contributed by atoms with Crippen LogP contribution < -0.4 is 5.32 Å². The number of carbonyl (C=O) groups excluding carboxylic acids is 1. The largest absolute Gasteiger partial charge is 0.320 e. The molecule has 2 heterocycles. The number of benzene rings is 1. The molecular weight excluding hydrogens is 326 g/mol. The van der Waals surface area contributed by atoms with Crippen LogP contribution in [0.1, 0.15) is 23.0 Å². The van der Waals surface area contributed by atoms with Gasteiger partial charge < -0.3 is 0 Å². The fourth-order valence-electron chi connectivity index (χ4n) is 2.34. The van der Waals surface area contributed by atoms with E-state index in [1.54, 1.807) is 11.6 Å². The number of anilines is 1. The van der Waals surface area contributed by atoms with Crippen LogP contribution in [-0.2, 0) is 13.1 Å². The SMILES string of the molecule is CCn1ncc([N+](=O)[O-])c1C(=O)Nc1ncn(Cc2ccccc2)n1. The molecule has 0 atom stereocenters. The average Bonchev–Trinajstić information content (AvgIpc) is 3.22. The van der Waals surface area contributed by atoms with Crippen molar-refractivity contribution in [2.75, 3.05) is 5.32 Å². The number of carbonyl (C=O) groups is 1. The third-order valence-corrected chi connectivity index (χ3v) is 3.48. The summed E-state index contributed by atoms with van der Waals surface area (Å²) in [6, 6.07) is 9.65. The lowest BCUT2D eigenvalue weighted by Gasteiger charge is -2.03. The second-order valence-electron chi connectivity index (χ2n) is 5.16. The van der Waals surface area contributed by atoms with Gasteiger partial charge in [-0.15, -0.1) is 5.10 Å². The highest BCUT2D eigenvalue weighted by atomic mass is 16.6. The Hall–Kier alpha value is -3.56. The number of rotatable bonds is 6. The molecule has 2 aromatic heterocycles. The van der Waals surface area contributed by atoms with Crippen LogP contribution in [0.15, 0.2) is 42.9 Å². The van der Waals surface area contributed by atoms with Crippen LogP contribution in [0.5, 0.6) is 0 Å². The minimum absolute atomic E-state index is 0.0686. The molecule has 0 aliphatic heterocycles. The summed E-state index contributed by atoms with van der Waals surface area (Å²) in [5.41, 5.74) is 0.542. The summed E-state index contributed by atoms with van der Waals surface area (Å²) in [5, 5.41) is 21.5. The molecule has 0 radical (unpaired) electrons. The predicted molar refractivity (Wildman–Crippen MR) is 88.1 cm³/mol. The highest BCUT2D eigenvalue weighted by molar-refractivity contribution is 6.04. The Morgan fingerprint density at radius 1 is 1.32 bits per heavy atom. The lowest BCUT2D eigenvalue weighted by molar-refractivity contribution is -0.385. The first-order valence-electron chi connectivity index (χ1n) is 7.53. The third-order valence-electron chi connectivity index (χ3n) is 3.48. The van der Waals surface area contributed by atoms with Crippen molar-refractivity contribution in [3.63, 3.8) is 0 Å². The van der Waals surface area contributed by atoms with Gasteiger partial charge in [-0.2, -0.15) is 5.10 Å². The summed E-state index contributed by atoms with van der Waals surface area (Å²) in [6.07, 6.45) is 2.54. The topological polar surface area (TPSA) is 121 Å². The Morgan fingerprint density at radius 3 is 2.76 bits per heavy atom. The van der Waals surface area contributed by atoms with Crippen molar-refractivity contribution in [2.45, 2.75) is 20.0 Å². The van der Waals surface area contributed by atoms with E-state index in [4.69, 9.17) is 0 Å². The molecule has 3 aromatic rings. The van der Waals surface area contributed by atoms with Crippen LogP contribution in [0.4, 0.5) is 11.6 Å². The Balaban J connectivity index is 1.76. The molecular formula is C15H15N7O3. The number of nitro groups is 1. The molecule has 25 heavy (non-hydrogen) atoms. The van der Waals surface area contributed by atoms with Gasteiger partial charge in [0, 0.05) is 6.54 Å². The smallest absolute Gasteiger partial charge is 0.288 e. The Bertz CT molecular complexity index is 901. The van der Waals surface area contributed by atoms with E-state index in [1.807, 2.05) is 30.3 Å². The Labute approximate surface area is 142 Å². The highest BCUT2D eigenvalue weighted by Crippen LogP contribution is 2.18. The summed E-state index contributed by atoms with van der Waals surface area (Å²) in [4.78, 5) is 26.8. The van der Waals surface area contributed by atoms with Crippen LogP contribution >= 0.6 is 0 Å². The first kappa shape index (κ1) is 16.3. The summed E-state index contributed by atoms with van der Waals surface area (Å²) in [7, 11) is 0. The van der Waals surface area contributed by atoms with Crippen LogP contribution in [-0.4, -0.2) is 35.4 Å². The molecule has 0 saturated heterocycles. The number of amides is 1. The first-order valence-corrected chi connectivity index (χ1v) is 7.53. The van der Waals surface area contributed by atoms with Gasteiger partial charge in [-0.25, -0.2) is 9.67 Å². The Morgan fingerprint density at radius 2 is 2.08 bits per heavy atom. The van der Waals surface area contributed by atoms with Crippen molar-refractivity contribution in [3.8, 4) is 0 Å². The van der Waals surface area contributed by atoms with Gasteiger partial charge in [0.25, 0.3) is 5.91 Å². The fourth-order valence-corrected chi connectivity index (χ4v) is 2.34. The van der Waals surface area contributed by atoms with E-state index in [1.165, 1.54) is 11.0 Å². The molecule has 3 rings (SSSR count). The number of aryl methyl sites for hydroxylation is 1. The van der Waals surface area contributed by atoms with Crippen molar-refractivity contribution in [3.05, 3.63) is 64.2 Å². The normalized spacial score (nSPS) is 10.6. The first-order chi connectivity index (χ1) is 12.1. The van der Waals surface area contributed by atoms with E-state index in [0.29, 0.717) is 13.1 Å². The highest BCUT2D eigenvalue weighted by Gasteiger charge is 2.27. The second-order valence-corrected chi connectivity index (χ2v) is 5.16. The Kier molecular flexibility index (Phi) is 4.50. The van der Waals surface area contributed by atoms with Crippen molar-refractivity contribution in [1.82, 2.24) is 24.5 Å². The zero-order valence-electron chi connectivity index (χ0n) is 13.4. The standard InChI is InChI=1S/C15H15N7O3/c1-2-21-13(12(8-17-21)22(24)25)14(23)18-15-16-10-20(19-15)9-11-6-4-3-5-7-11/h3-8,10H,2,9H2,1H3,(H,18,19,23). The van der Waals surface area contributed by atoms with E-state index in [0.717, 1.165) is 11.8 Å². The van der Waals surface area contributed by atoms with E-state index >= 15 is 0 Å². The van der Waals surface area contributed by atoms with Gasteiger partial charge in [0.2, 0.25) is 11.6 Å². The number of hydrogen-bond donors (Lipinski definition) is 1. The molecule has 0 aliphatic carbocycles. The van der Waals surface area contributed by atoms with Crippen LogP contribution in [0.3, 0.4) is 0 Å². The summed E-state index contributed by atoms with van der Waals surface area (Å²) < 4.78 is 2.82. The van der Waals surface area contributed by atoms with Crippen molar-refractivity contribution < 1.29 is 9.72 Å². The molecule has 0 spiro atoms. The molecule has 0 saturated carbocycles. The zero-order chi connectivity index (χ0) is 17.8. The second kappa shape index (κ2) is 6.91. The minimum atomic E-state index is -0.677. The van der Waals surface area contributed by atoms with E-state index in [2.05, 4.69) is 20.5 Å². The molecule has 1 amide bonds. The van der Waals surface area contributed by atoms with Crippen LogP contribution in [0, 0.1) is 10.1 Å². The van der Waals surface area contributed by atoms with Gasteiger partial charge in [-0.05, 0) is 12.5 Å². The monoisotopic (exact) mass is 341 g/mol. The van der Waals surface area contributed by atoms with Crippen LogP contribution in [0.25, 0.3) is 0 Å². The number of nitrogens with zero attached hydrogens (tertiary/aromatic N) is 6. The molecule has 1 N–H and O–H groups in total. The van der Waals surface area contributed by atoms with Gasteiger partial charge in [-0.3, -0.25) is 24.9 Å². The quantitative estimate of drug-likeness (QED) is 0.538. The minimum Gasteiger partial charge on any atom is -0.288 e. The molecule has 0 bridgehead atoms. The van der Waals surface area contributed by atoms with Gasteiger partial charge in [0.15, 0.2) is 0 Å². The molecule has 0 aliphatic rings. The summed E-state index contributed by atoms with van der Waals surface area (Å²) in [5.74, 6) is -0.609. The van der Waals surface area contributed by atoms with Crippen molar-refractivity contribution in [2.24, 2.45) is 0 Å². The van der Waals surface area contributed by atoms with E-state index in [9.17, 15) is 14.9 Å². The maximum Gasteiger partial charge on any atom is 0.320 e. The van der Waals surface area contributed by atoms with E-state index < -0.39 is 10.8 Å². The number of nitrogens with one attached hydrogen (secondary N) is 1. The predicted octanol–water partition coefficient (Wildman–Crippen LogP) is 1.70. The molecule has 10 nitrogen and oxygen atoms in total. The lowest BCUT2D eigenvalue weighted by Crippen LogP contribution is -2.19. The van der Waals surface area contributed by atoms with E-state index in [-0.39, 0.29) is 17.3 Å². The average molecular weight is 341 g/mol. The maximum atomic E-state index is 12.4. The van der Waals surface area contributed by atoms with Crippen molar-refractivity contribution in [1.29, 1.82) is 0 Å². The van der Waals surface area contributed by atoms with Crippen molar-refractivity contribution >= 4 is 17.5 Å². The van der Waals surface area contributed by atoms with Gasteiger partial charge >= 0.3 is 5.69 Å². The van der Waals surface area contributed by atoms with Crippen LogP contribution in [0.2, 0.25) is 0 Å². The molecule has 1 aromatic carbocycles. The fraction of sp³-hybridized carbons (Fsp3) is 0.200. The van der Waals surface area contributed by atoms with Gasteiger partial charge in [-0.1, -0.05) is 30.3 Å². The lowest BCUT2D eigenvalue weighted by atomic mass is 10.2. The zero-order valence-corrected chi connectivity index (χ0v) is 13.4. The summed E-state index contributed by atoms with van der Waals surface area (Å²) >= 11 is 0. The summed E-state index contributed by atoms with van der Waals surface area (Å²) in [6.45, 7) is 2.56. The van der Waals surface area contributed by atoms with Gasteiger partial charge in [0.05, 0.1) is 11.5 Å². The van der Waals surface area contributed by atoms with Gasteiger partial charge in [0.1, 0.15) is 12.5 Å².